The third kappa shape index (κ3) is 17.1. The van der Waals surface area contributed by atoms with Crippen LogP contribution in [0.4, 0.5) is 0 Å². The summed E-state index contributed by atoms with van der Waals surface area (Å²) in [6.07, 6.45) is 0. The van der Waals surface area contributed by atoms with Crippen molar-refractivity contribution in [1.82, 2.24) is 0 Å². The van der Waals surface area contributed by atoms with E-state index in [9.17, 15) is 0 Å². The summed E-state index contributed by atoms with van der Waals surface area (Å²) in [4.78, 5) is 1.34. The highest BCUT2D eigenvalue weighted by Crippen LogP contribution is 2.63. The van der Waals surface area contributed by atoms with Crippen molar-refractivity contribution in [2.45, 2.75) is 4.90 Å². The van der Waals surface area contributed by atoms with E-state index < -0.39 is 0 Å². The van der Waals surface area contributed by atoms with Crippen molar-refractivity contribution in [2.75, 3.05) is 0 Å². The van der Waals surface area contributed by atoms with Gasteiger partial charge in [-0.05, 0) is 160 Å². The van der Waals surface area contributed by atoms with Crippen molar-refractivity contribution in [1.29, 1.82) is 0 Å². The zero-order valence-corrected chi connectivity index (χ0v) is 23.2. The van der Waals surface area contributed by atoms with Gasteiger partial charge in [-0.25, -0.2) is 0 Å². The van der Waals surface area contributed by atoms with Crippen molar-refractivity contribution in [2.24, 2.45) is 0 Å². The van der Waals surface area contributed by atoms with Gasteiger partial charge in [0.2, 0.25) is 0 Å². The molecule has 0 radical (unpaired) electrons. The molecule has 0 aliphatic rings. The van der Waals surface area contributed by atoms with Gasteiger partial charge in [-0.3, -0.25) is 0 Å². The fourth-order valence-electron chi connectivity index (χ4n) is 0.490. The largest absolute Gasteiger partial charge is 0.151 e. The predicted molar refractivity (Wildman–Crippen MR) is 145 cm³/mol. The number of hydrogen-bond acceptors (Lipinski definition) is 17. The lowest BCUT2D eigenvalue weighted by atomic mass is 10.7. The minimum absolute atomic E-state index is 1.34. The minimum Gasteiger partial charge on any atom is -0.151 e. The Kier molecular flexibility index (Phi) is 23.2. The summed E-state index contributed by atoms with van der Waals surface area (Å²) in [5, 5.41) is 4.29. The molecule has 0 bridgehead atoms. The van der Waals surface area contributed by atoms with Crippen LogP contribution in [-0.2, 0) is 0 Å². The molecule has 0 saturated heterocycles. The topological polar surface area (TPSA) is 0 Å². The first-order chi connectivity index (χ1) is 10.4. The molecule has 17 heteroatoms. The average molecular weight is 597 g/mol. The Morgan fingerprint density at radius 2 is 1.14 bits per heavy atom. The SMILES string of the molecule is SSSSSSSSSSSSSSSSc1ccsc1. The summed E-state index contributed by atoms with van der Waals surface area (Å²) >= 11 is 5.80. The standard InChI is InChI=1S/C4H4S17/c5-8-10-12-14-16-18-20-21-19-17-15-13-11-9-7-4-1-2-6-3-4/h1-3,5H. The molecular weight excluding hydrogens is 593 g/mol. The van der Waals surface area contributed by atoms with Gasteiger partial charge in [0.25, 0.3) is 0 Å². The molecule has 0 nitrogen and oxygen atoms in total. The molecule has 1 aromatic rings. The van der Waals surface area contributed by atoms with E-state index in [4.69, 9.17) is 0 Å². The first-order valence-electron chi connectivity index (χ1n) is 4.10. The van der Waals surface area contributed by atoms with Gasteiger partial charge >= 0.3 is 0 Å². The Morgan fingerprint density at radius 3 is 1.57 bits per heavy atom. The van der Waals surface area contributed by atoms with E-state index in [1.807, 2.05) is 89.4 Å². The lowest BCUT2D eigenvalue weighted by Gasteiger charge is -1.98. The van der Waals surface area contributed by atoms with Crippen LogP contribution in [0.5, 0.6) is 0 Å². The van der Waals surface area contributed by atoms with Crippen molar-refractivity contribution in [3.63, 3.8) is 0 Å². The average Bonchev–Trinajstić information content (AvgIpc) is 3.01. The van der Waals surface area contributed by atoms with Gasteiger partial charge in [0.15, 0.2) is 0 Å². The lowest BCUT2D eigenvalue weighted by molar-refractivity contribution is 1.62. The monoisotopic (exact) mass is 596 g/mol. The molecule has 1 aromatic heterocycles. The quantitative estimate of drug-likeness (QED) is 0.116. The molecule has 1 rings (SSSR count). The van der Waals surface area contributed by atoms with Gasteiger partial charge in [0.1, 0.15) is 0 Å². The normalized spacial score (nSPS) is 11.1. The molecule has 21 heavy (non-hydrogen) atoms. The van der Waals surface area contributed by atoms with Gasteiger partial charge in [-0.15, -0.1) is 0 Å². The molecule has 0 saturated carbocycles. The second kappa shape index (κ2) is 20.0. The smallest absolute Gasteiger partial charge is 0.0298 e. The van der Waals surface area contributed by atoms with E-state index in [-0.39, 0.29) is 0 Å². The van der Waals surface area contributed by atoms with Gasteiger partial charge in [-0.2, -0.15) is 11.3 Å². The van der Waals surface area contributed by atoms with E-state index in [1.54, 1.807) is 60.5 Å². The third-order valence-electron chi connectivity index (χ3n) is 0.989. The molecule has 0 spiro atoms. The molecule has 0 atom stereocenters. The molecule has 122 valence electrons. The minimum atomic E-state index is 1.34. The predicted octanol–water partition coefficient (Wildman–Crippen LogP) is 11.8. The van der Waals surface area contributed by atoms with Crippen LogP contribution in [0.25, 0.3) is 0 Å². The van der Waals surface area contributed by atoms with E-state index in [0.717, 1.165) is 0 Å². The number of thiol groups is 1. The molecule has 0 aliphatic carbocycles. The maximum Gasteiger partial charge on any atom is 0.0298 e. The van der Waals surface area contributed by atoms with Crippen LogP contribution in [0, 0.1) is 0 Å². The van der Waals surface area contributed by atoms with Gasteiger partial charge in [-0.1, -0.05) is 11.7 Å². The van der Waals surface area contributed by atoms with Crippen molar-refractivity contribution in [3.05, 3.63) is 16.8 Å². The Hall–Kier alpha value is 5.30. The Morgan fingerprint density at radius 1 is 0.667 bits per heavy atom. The summed E-state index contributed by atoms with van der Waals surface area (Å²) in [6.45, 7) is 0. The number of hydrogen-bond donors (Lipinski definition) is 1. The first-order valence-corrected chi connectivity index (χ1v) is 25.6. The maximum absolute atomic E-state index is 4.05. The number of rotatable bonds is 15. The molecule has 0 amide bonds. The third-order valence-corrected chi connectivity index (χ3v) is 32.8. The van der Waals surface area contributed by atoms with Crippen molar-refractivity contribution >= 4 is 171 Å². The highest BCUT2D eigenvalue weighted by Gasteiger charge is 2.00. The molecule has 0 fully saturated rings. The fourth-order valence-corrected chi connectivity index (χ4v) is 37.4. The first kappa shape index (κ1) is 24.3. The summed E-state index contributed by atoms with van der Waals surface area (Å²) in [5.74, 6) is 0. The van der Waals surface area contributed by atoms with E-state index in [2.05, 4.69) is 28.5 Å². The fraction of sp³-hybridized carbons (Fsp3) is 0. The Labute approximate surface area is 189 Å². The van der Waals surface area contributed by atoms with Crippen LogP contribution in [0.3, 0.4) is 0 Å². The highest BCUT2D eigenvalue weighted by molar-refractivity contribution is 9.57. The molecule has 0 aromatic carbocycles. The molecule has 0 unspecified atom stereocenters. The van der Waals surface area contributed by atoms with E-state index in [0.29, 0.717) is 0 Å². The summed E-state index contributed by atoms with van der Waals surface area (Å²) < 4.78 is 0. The van der Waals surface area contributed by atoms with E-state index in [1.165, 1.54) is 14.7 Å². The zero-order valence-electron chi connectivity index (χ0n) is 9.21. The van der Waals surface area contributed by atoms with Gasteiger partial charge < -0.3 is 0 Å². The van der Waals surface area contributed by atoms with Crippen LogP contribution in [0.15, 0.2) is 21.7 Å². The van der Waals surface area contributed by atoms with Crippen LogP contribution < -0.4 is 0 Å². The highest BCUT2D eigenvalue weighted by atomic mass is 34.0. The maximum atomic E-state index is 4.05. The summed E-state index contributed by atoms with van der Waals surface area (Å²) in [5.41, 5.74) is 0. The Balaban J connectivity index is 1.69. The van der Waals surface area contributed by atoms with E-state index >= 15 is 0 Å². The van der Waals surface area contributed by atoms with Crippen LogP contribution >= 0.6 is 171 Å². The zero-order chi connectivity index (χ0) is 15.0. The van der Waals surface area contributed by atoms with Gasteiger partial charge in [0.05, 0.1) is 0 Å². The summed E-state index contributed by atoms with van der Waals surface area (Å²) in [7, 11) is 26.6. The molecular formula is C4H4S17. The van der Waals surface area contributed by atoms with Crippen LogP contribution in [0.2, 0.25) is 0 Å². The van der Waals surface area contributed by atoms with Crippen LogP contribution in [-0.4, -0.2) is 0 Å². The van der Waals surface area contributed by atoms with Crippen LogP contribution in [0.1, 0.15) is 0 Å². The molecule has 0 aliphatic heterocycles. The second-order valence-corrected chi connectivity index (χ2v) is 28.9. The number of thiophene rings is 1. The van der Waals surface area contributed by atoms with Crippen molar-refractivity contribution < 1.29 is 0 Å². The summed E-state index contributed by atoms with van der Waals surface area (Å²) in [6, 6.07) is 2.15. The van der Waals surface area contributed by atoms with Gasteiger partial charge in [0, 0.05) is 10.3 Å². The molecule has 0 N–H and O–H groups in total. The second-order valence-electron chi connectivity index (χ2n) is 2.00. The van der Waals surface area contributed by atoms with Crippen molar-refractivity contribution in [3.8, 4) is 0 Å². The Bertz CT molecular complexity index is 298. The lowest BCUT2D eigenvalue weighted by Crippen LogP contribution is -1.48. The molecule has 1 heterocycles.